The highest BCUT2D eigenvalue weighted by molar-refractivity contribution is 5.80. The van der Waals surface area contributed by atoms with Gasteiger partial charge in [0.25, 0.3) is 11.5 Å². The van der Waals surface area contributed by atoms with Gasteiger partial charge in [-0.2, -0.15) is 5.10 Å². The summed E-state index contributed by atoms with van der Waals surface area (Å²) in [5.74, 6) is 1.14. The highest BCUT2D eigenvalue weighted by atomic mass is 16.5. The lowest BCUT2D eigenvalue weighted by Gasteiger charge is -2.17. The third-order valence-corrected chi connectivity index (χ3v) is 5.08. The molecule has 1 amide bonds. The zero-order valence-electron chi connectivity index (χ0n) is 18.2. The number of aromatic nitrogens is 2. The van der Waals surface area contributed by atoms with Crippen LogP contribution in [0, 0.1) is 13.8 Å². The molecule has 0 spiro atoms. The summed E-state index contributed by atoms with van der Waals surface area (Å²) in [5.41, 5.74) is 3.36. The summed E-state index contributed by atoms with van der Waals surface area (Å²) < 4.78 is 12.4. The Hall–Kier alpha value is -3.61. The summed E-state index contributed by atoms with van der Waals surface area (Å²) >= 11 is 0. The normalized spacial score (nSPS) is 11.6. The van der Waals surface area contributed by atoms with E-state index in [2.05, 4.69) is 10.4 Å². The van der Waals surface area contributed by atoms with Crippen LogP contribution in [-0.2, 0) is 11.3 Å². The third-order valence-electron chi connectivity index (χ3n) is 5.08. The largest absolute Gasteiger partial charge is 0.497 e. The quantitative estimate of drug-likeness (QED) is 0.604. The monoisotopic (exact) mass is 421 g/mol. The first-order valence-electron chi connectivity index (χ1n) is 10.1. The van der Waals surface area contributed by atoms with Crippen molar-refractivity contribution in [3.05, 3.63) is 76.1 Å². The summed E-state index contributed by atoms with van der Waals surface area (Å²) in [7, 11) is 1.60. The van der Waals surface area contributed by atoms with Crippen LogP contribution in [0.1, 0.15) is 18.1 Å². The van der Waals surface area contributed by atoms with Crippen molar-refractivity contribution in [3.8, 4) is 22.8 Å². The summed E-state index contributed by atoms with van der Waals surface area (Å²) in [5, 5.41) is 7.22. The Morgan fingerprint density at radius 1 is 1.13 bits per heavy atom. The average molecular weight is 421 g/mol. The summed E-state index contributed by atoms with van der Waals surface area (Å²) in [4.78, 5) is 24.6. The fourth-order valence-electron chi connectivity index (χ4n) is 3.07. The van der Waals surface area contributed by atoms with Crippen molar-refractivity contribution in [1.82, 2.24) is 15.1 Å². The molecule has 0 radical (unpaired) electrons. The Morgan fingerprint density at radius 3 is 2.68 bits per heavy atom. The maximum Gasteiger partial charge on any atom is 0.266 e. The first-order chi connectivity index (χ1) is 14.9. The first-order valence-corrected chi connectivity index (χ1v) is 10.1. The standard InChI is InChI=1S/C24H27N3O4/c1-16-7-5-10-22(17(16)2)31-18(3)24(29)25-13-14-27-23(28)12-11-21(26-27)19-8-6-9-20(15-19)30-4/h5-12,15,18H,13-14H2,1-4H3,(H,25,29). The minimum absolute atomic E-state index is 0.236. The summed E-state index contributed by atoms with van der Waals surface area (Å²) in [6, 6.07) is 16.3. The molecule has 7 heteroatoms. The first kappa shape index (κ1) is 22.1. The minimum Gasteiger partial charge on any atom is -0.497 e. The van der Waals surface area contributed by atoms with Gasteiger partial charge in [0, 0.05) is 18.2 Å². The smallest absolute Gasteiger partial charge is 0.266 e. The molecule has 0 saturated carbocycles. The zero-order valence-corrected chi connectivity index (χ0v) is 18.2. The minimum atomic E-state index is -0.659. The van der Waals surface area contributed by atoms with Crippen molar-refractivity contribution in [2.24, 2.45) is 0 Å². The number of carbonyl (C=O) groups excluding carboxylic acids is 1. The van der Waals surface area contributed by atoms with E-state index in [1.54, 1.807) is 20.1 Å². The average Bonchev–Trinajstić information content (AvgIpc) is 2.78. The molecule has 31 heavy (non-hydrogen) atoms. The van der Waals surface area contributed by atoms with Gasteiger partial charge in [-0.1, -0.05) is 24.3 Å². The van der Waals surface area contributed by atoms with Gasteiger partial charge in [-0.25, -0.2) is 4.68 Å². The predicted octanol–water partition coefficient (Wildman–Crippen LogP) is 3.12. The van der Waals surface area contributed by atoms with Crippen LogP contribution in [-0.4, -0.2) is 35.4 Å². The zero-order chi connectivity index (χ0) is 22.4. The van der Waals surface area contributed by atoms with E-state index in [1.165, 1.54) is 10.7 Å². The highest BCUT2D eigenvalue weighted by Crippen LogP contribution is 2.22. The second-order valence-electron chi connectivity index (χ2n) is 7.26. The van der Waals surface area contributed by atoms with Crippen molar-refractivity contribution in [2.45, 2.75) is 33.4 Å². The van der Waals surface area contributed by atoms with Crippen LogP contribution in [0.5, 0.6) is 11.5 Å². The van der Waals surface area contributed by atoms with Gasteiger partial charge < -0.3 is 14.8 Å². The lowest BCUT2D eigenvalue weighted by Crippen LogP contribution is -2.39. The molecule has 1 unspecified atom stereocenters. The lowest BCUT2D eigenvalue weighted by atomic mass is 10.1. The van der Waals surface area contributed by atoms with Gasteiger partial charge in [0.2, 0.25) is 0 Å². The fraction of sp³-hybridized carbons (Fsp3) is 0.292. The number of benzene rings is 2. The van der Waals surface area contributed by atoms with Gasteiger partial charge in [-0.15, -0.1) is 0 Å². The third kappa shape index (κ3) is 5.51. The molecule has 0 aliphatic rings. The molecule has 1 aromatic heterocycles. The molecule has 162 valence electrons. The molecular weight excluding hydrogens is 394 g/mol. The van der Waals surface area contributed by atoms with Gasteiger partial charge in [0.05, 0.1) is 19.3 Å². The van der Waals surface area contributed by atoms with Crippen molar-refractivity contribution in [2.75, 3.05) is 13.7 Å². The summed E-state index contributed by atoms with van der Waals surface area (Å²) in [6.45, 7) is 6.16. The van der Waals surface area contributed by atoms with E-state index in [0.29, 0.717) is 17.2 Å². The molecule has 0 aliphatic heterocycles. The van der Waals surface area contributed by atoms with E-state index in [1.807, 2.05) is 56.3 Å². The number of nitrogens with one attached hydrogen (secondary N) is 1. The van der Waals surface area contributed by atoms with Crippen LogP contribution >= 0.6 is 0 Å². The molecule has 0 bridgehead atoms. The molecule has 0 aliphatic carbocycles. The Bertz CT molecular complexity index is 1120. The number of carbonyl (C=O) groups is 1. The maximum absolute atomic E-state index is 12.4. The Morgan fingerprint density at radius 2 is 1.90 bits per heavy atom. The number of hydrogen-bond donors (Lipinski definition) is 1. The number of methoxy groups -OCH3 is 1. The molecule has 1 heterocycles. The number of rotatable bonds is 8. The van der Waals surface area contributed by atoms with Gasteiger partial charge in [-0.05, 0) is 56.2 Å². The number of amides is 1. The molecule has 7 nitrogen and oxygen atoms in total. The fourth-order valence-corrected chi connectivity index (χ4v) is 3.07. The number of ether oxygens (including phenoxy) is 2. The molecule has 2 aromatic carbocycles. The van der Waals surface area contributed by atoms with Crippen LogP contribution in [0.4, 0.5) is 0 Å². The molecular formula is C24H27N3O4. The van der Waals surface area contributed by atoms with E-state index < -0.39 is 6.10 Å². The molecule has 1 atom stereocenters. The van der Waals surface area contributed by atoms with Crippen molar-refractivity contribution >= 4 is 5.91 Å². The topological polar surface area (TPSA) is 82.5 Å². The van der Waals surface area contributed by atoms with E-state index in [-0.39, 0.29) is 24.6 Å². The van der Waals surface area contributed by atoms with E-state index >= 15 is 0 Å². The molecule has 3 aromatic rings. The molecule has 0 fully saturated rings. The predicted molar refractivity (Wildman–Crippen MR) is 120 cm³/mol. The second-order valence-corrected chi connectivity index (χ2v) is 7.26. The highest BCUT2D eigenvalue weighted by Gasteiger charge is 2.16. The van der Waals surface area contributed by atoms with Crippen molar-refractivity contribution in [3.63, 3.8) is 0 Å². The SMILES string of the molecule is COc1cccc(-c2ccc(=O)n(CCNC(=O)C(C)Oc3cccc(C)c3C)n2)c1. The van der Waals surface area contributed by atoms with Crippen LogP contribution in [0.25, 0.3) is 11.3 Å². The molecule has 3 rings (SSSR count). The van der Waals surface area contributed by atoms with E-state index in [4.69, 9.17) is 9.47 Å². The van der Waals surface area contributed by atoms with Gasteiger partial charge >= 0.3 is 0 Å². The molecule has 0 saturated heterocycles. The van der Waals surface area contributed by atoms with Crippen LogP contribution in [0.3, 0.4) is 0 Å². The van der Waals surface area contributed by atoms with Crippen LogP contribution in [0.15, 0.2) is 59.4 Å². The van der Waals surface area contributed by atoms with Crippen LogP contribution in [0.2, 0.25) is 0 Å². The second kappa shape index (κ2) is 9.93. The lowest BCUT2D eigenvalue weighted by molar-refractivity contribution is -0.127. The Balaban J connectivity index is 1.61. The van der Waals surface area contributed by atoms with Gasteiger partial charge in [-0.3, -0.25) is 9.59 Å². The number of hydrogen-bond acceptors (Lipinski definition) is 5. The number of nitrogens with zero attached hydrogens (tertiary/aromatic N) is 2. The number of aryl methyl sites for hydroxylation is 1. The summed E-state index contributed by atoms with van der Waals surface area (Å²) in [6.07, 6.45) is -0.659. The Kier molecular flexibility index (Phi) is 7.07. The van der Waals surface area contributed by atoms with E-state index in [0.717, 1.165) is 16.7 Å². The molecule has 1 N–H and O–H groups in total. The van der Waals surface area contributed by atoms with Crippen LogP contribution < -0.4 is 20.3 Å². The Labute approximate surface area is 181 Å². The van der Waals surface area contributed by atoms with Gasteiger partial charge in [0.1, 0.15) is 11.5 Å². The van der Waals surface area contributed by atoms with Crippen molar-refractivity contribution in [1.29, 1.82) is 0 Å². The van der Waals surface area contributed by atoms with Gasteiger partial charge in [0.15, 0.2) is 6.10 Å². The maximum atomic E-state index is 12.4. The van der Waals surface area contributed by atoms with E-state index in [9.17, 15) is 9.59 Å². The van der Waals surface area contributed by atoms with Crippen molar-refractivity contribution < 1.29 is 14.3 Å².